The zero-order chi connectivity index (χ0) is 23.0. The number of nitrogens with zero attached hydrogens (tertiary/aromatic N) is 2. The van der Waals surface area contributed by atoms with Crippen molar-refractivity contribution >= 4 is 29.2 Å². The molecule has 4 rings (SSSR count). The molecular weight excluding hydrogens is 424 g/mol. The molecule has 0 atom stereocenters. The number of rotatable bonds is 8. The van der Waals surface area contributed by atoms with Crippen LogP contribution >= 0.6 is 0 Å². The molecule has 0 unspecified atom stereocenters. The van der Waals surface area contributed by atoms with Crippen molar-refractivity contribution in [1.82, 2.24) is 10.3 Å². The third-order valence-electron chi connectivity index (χ3n) is 5.66. The second kappa shape index (κ2) is 10.8. The Labute approximate surface area is 192 Å². The summed E-state index contributed by atoms with van der Waals surface area (Å²) < 4.78 is 11.2. The van der Waals surface area contributed by atoms with Gasteiger partial charge in [0.25, 0.3) is 0 Å². The highest BCUT2D eigenvalue weighted by Gasteiger charge is 2.24. The maximum Gasteiger partial charge on any atom is 0.240 e. The number of carbonyl (C=O) groups excluding carboxylic acids is 3. The number of anilines is 2. The average molecular weight is 453 g/mol. The fourth-order valence-corrected chi connectivity index (χ4v) is 4.01. The van der Waals surface area contributed by atoms with Gasteiger partial charge in [-0.25, -0.2) is 4.98 Å². The van der Waals surface area contributed by atoms with Gasteiger partial charge in [0.1, 0.15) is 25.6 Å². The molecule has 0 spiro atoms. The van der Waals surface area contributed by atoms with Crippen LogP contribution in [0.25, 0.3) is 0 Å². The number of amides is 3. The summed E-state index contributed by atoms with van der Waals surface area (Å²) in [6, 6.07) is 10.5. The predicted molar refractivity (Wildman–Crippen MR) is 122 cm³/mol. The predicted octanol–water partition coefficient (Wildman–Crippen LogP) is 2.66. The van der Waals surface area contributed by atoms with E-state index in [2.05, 4.69) is 15.6 Å². The molecule has 2 N–H and O–H groups in total. The zero-order valence-electron chi connectivity index (χ0n) is 18.4. The minimum atomic E-state index is -0.329. The van der Waals surface area contributed by atoms with Crippen molar-refractivity contribution in [2.24, 2.45) is 0 Å². The van der Waals surface area contributed by atoms with Crippen molar-refractivity contribution < 1.29 is 23.9 Å². The van der Waals surface area contributed by atoms with E-state index in [-0.39, 0.29) is 43.1 Å². The maximum atomic E-state index is 13.1. The van der Waals surface area contributed by atoms with E-state index in [1.165, 1.54) is 4.90 Å². The number of aromatic nitrogens is 1. The molecule has 9 nitrogen and oxygen atoms in total. The largest absolute Gasteiger partial charge is 0.486 e. The summed E-state index contributed by atoms with van der Waals surface area (Å²) in [5.41, 5.74) is 0.524. The normalized spacial score (nSPS) is 15.0. The topological polar surface area (TPSA) is 110 Å². The van der Waals surface area contributed by atoms with Crippen LogP contribution in [0.1, 0.15) is 38.5 Å². The lowest BCUT2D eigenvalue weighted by atomic mass is 10.2. The van der Waals surface area contributed by atoms with Gasteiger partial charge in [0, 0.05) is 36.8 Å². The molecule has 1 aromatic carbocycles. The summed E-state index contributed by atoms with van der Waals surface area (Å²) in [6.45, 7) is 0.751. The Balaban J connectivity index is 1.43. The highest BCUT2D eigenvalue weighted by atomic mass is 16.6. The van der Waals surface area contributed by atoms with Gasteiger partial charge in [-0.15, -0.1) is 0 Å². The SMILES string of the molecule is O=C(CCC(=O)N(CC(=O)NC1CCCC1)c1ccc2c(c1)OCCO2)Nc1ccccn1. The van der Waals surface area contributed by atoms with Gasteiger partial charge in [-0.3, -0.25) is 14.4 Å². The number of pyridine rings is 1. The first-order valence-corrected chi connectivity index (χ1v) is 11.3. The van der Waals surface area contributed by atoms with Crippen molar-refractivity contribution in [3.63, 3.8) is 0 Å². The molecule has 2 aromatic rings. The number of hydrogen-bond donors (Lipinski definition) is 2. The number of fused-ring (bicyclic) bond motifs is 1. The molecule has 1 fully saturated rings. The molecule has 1 aliphatic carbocycles. The fraction of sp³-hybridized carbons (Fsp3) is 0.417. The molecule has 9 heteroatoms. The van der Waals surface area contributed by atoms with Gasteiger partial charge in [-0.1, -0.05) is 18.9 Å². The van der Waals surface area contributed by atoms with Crippen LogP contribution < -0.4 is 25.0 Å². The lowest BCUT2D eigenvalue weighted by Gasteiger charge is -2.25. The number of hydrogen-bond acceptors (Lipinski definition) is 6. The summed E-state index contributed by atoms with van der Waals surface area (Å²) in [5, 5.41) is 5.69. The van der Waals surface area contributed by atoms with E-state index in [0.29, 0.717) is 36.2 Å². The smallest absolute Gasteiger partial charge is 0.240 e. The lowest BCUT2D eigenvalue weighted by molar-refractivity contribution is -0.125. The second-order valence-electron chi connectivity index (χ2n) is 8.12. The Morgan fingerprint density at radius 2 is 1.76 bits per heavy atom. The Morgan fingerprint density at radius 3 is 2.52 bits per heavy atom. The first kappa shape index (κ1) is 22.6. The van der Waals surface area contributed by atoms with Gasteiger partial charge in [-0.05, 0) is 37.1 Å². The van der Waals surface area contributed by atoms with Crippen LogP contribution in [0.3, 0.4) is 0 Å². The van der Waals surface area contributed by atoms with Gasteiger partial charge >= 0.3 is 0 Å². The number of benzene rings is 1. The summed E-state index contributed by atoms with van der Waals surface area (Å²) in [6.07, 6.45) is 5.61. The van der Waals surface area contributed by atoms with Crippen LogP contribution in [0.5, 0.6) is 11.5 Å². The second-order valence-corrected chi connectivity index (χ2v) is 8.12. The number of nitrogens with one attached hydrogen (secondary N) is 2. The van der Waals surface area contributed by atoms with Gasteiger partial charge in [-0.2, -0.15) is 0 Å². The van der Waals surface area contributed by atoms with E-state index >= 15 is 0 Å². The molecule has 3 amide bonds. The Hall–Kier alpha value is -3.62. The minimum absolute atomic E-state index is 0.0271. The molecule has 33 heavy (non-hydrogen) atoms. The fourth-order valence-electron chi connectivity index (χ4n) is 4.01. The Kier molecular flexibility index (Phi) is 7.39. The molecule has 174 valence electrons. The van der Waals surface area contributed by atoms with Crippen molar-refractivity contribution in [3.8, 4) is 11.5 Å². The van der Waals surface area contributed by atoms with Crippen molar-refractivity contribution in [2.45, 2.75) is 44.6 Å². The molecule has 2 aliphatic rings. The van der Waals surface area contributed by atoms with Crippen molar-refractivity contribution in [1.29, 1.82) is 0 Å². The number of ether oxygens (including phenoxy) is 2. The first-order valence-electron chi connectivity index (χ1n) is 11.3. The Bertz CT molecular complexity index is 992. The van der Waals surface area contributed by atoms with Crippen LogP contribution in [0.4, 0.5) is 11.5 Å². The summed E-state index contributed by atoms with van der Waals surface area (Å²) in [7, 11) is 0. The average Bonchev–Trinajstić information content (AvgIpc) is 3.34. The van der Waals surface area contributed by atoms with Crippen LogP contribution in [0.15, 0.2) is 42.6 Å². The molecule has 0 radical (unpaired) electrons. The third-order valence-corrected chi connectivity index (χ3v) is 5.66. The molecule has 0 saturated heterocycles. The van der Waals surface area contributed by atoms with Crippen LogP contribution in [-0.2, 0) is 14.4 Å². The van der Waals surface area contributed by atoms with Gasteiger partial charge < -0.3 is 25.0 Å². The van der Waals surface area contributed by atoms with Crippen molar-refractivity contribution in [2.75, 3.05) is 30.0 Å². The van der Waals surface area contributed by atoms with Crippen molar-refractivity contribution in [3.05, 3.63) is 42.6 Å². The number of carbonyl (C=O) groups is 3. The van der Waals surface area contributed by atoms with E-state index in [1.54, 1.807) is 42.6 Å². The molecule has 2 heterocycles. The van der Waals surface area contributed by atoms with E-state index < -0.39 is 0 Å². The molecule has 1 saturated carbocycles. The van der Waals surface area contributed by atoms with Gasteiger partial charge in [0.15, 0.2) is 11.5 Å². The van der Waals surface area contributed by atoms with E-state index in [9.17, 15) is 14.4 Å². The van der Waals surface area contributed by atoms with Gasteiger partial charge in [0.05, 0.1) is 0 Å². The summed E-state index contributed by atoms with van der Waals surface area (Å²) in [5.74, 6) is 0.685. The van der Waals surface area contributed by atoms with Crippen LogP contribution in [-0.4, -0.2) is 48.5 Å². The minimum Gasteiger partial charge on any atom is -0.486 e. The quantitative estimate of drug-likeness (QED) is 0.637. The highest BCUT2D eigenvalue weighted by molar-refractivity contribution is 6.01. The van der Waals surface area contributed by atoms with E-state index in [1.807, 2.05) is 0 Å². The summed E-state index contributed by atoms with van der Waals surface area (Å²) in [4.78, 5) is 43.6. The monoisotopic (exact) mass is 452 g/mol. The van der Waals surface area contributed by atoms with Gasteiger partial charge in [0.2, 0.25) is 17.7 Å². The molecule has 1 aromatic heterocycles. The Morgan fingerprint density at radius 1 is 0.970 bits per heavy atom. The molecule has 1 aliphatic heterocycles. The van der Waals surface area contributed by atoms with Crippen LogP contribution in [0, 0.1) is 0 Å². The standard InChI is InChI=1S/C24H28N4O5/c29-22(27-21-7-3-4-12-25-21)10-11-24(31)28(16-23(30)26-17-5-1-2-6-17)18-8-9-19-20(15-18)33-14-13-32-19/h3-4,7-9,12,15,17H,1-2,5-6,10-11,13-14,16H2,(H,26,30)(H,25,27,29). The zero-order valence-corrected chi connectivity index (χ0v) is 18.4. The molecule has 0 bridgehead atoms. The lowest BCUT2D eigenvalue weighted by Crippen LogP contribution is -2.44. The first-order chi connectivity index (χ1) is 16.1. The van der Waals surface area contributed by atoms with Crippen LogP contribution in [0.2, 0.25) is 0 Å². The van der Waals surface area contributed by atoms with E-state index in [0.717, 1.165) is 25.7 Å². The highest BCUT2D eigenvalue weighted by Crippen LogP contribution is 2.34. The van der Waals surface area contributed by atoms with E-state index in [4.69, 9.17) is 9.47 Å². The third kappa shape index (κ3) is 6.21. The molecular formula is C24H28N4O5. The maximum absolute atomic E-state index is 13.1. The summed E-state index contributed by atoms with van der Waals surface area (Å²) >= 11 is 0.